The van der Waals surface area contributed by atoms with Crippen LogP contribution in [0.5, 0.6) is 0 Å². The summed E-state index contributed by atoms with van der Waals surface area (Å²) in [6.45, 7) is 3.73. The first-order valence-electron chi connectivity index (χ1n) is 7.92. The molecule has 0 amide bonds. The first kappa shape index (κ1) is 18.3. The van der Waals surface area contributed by atoms with Gasteiger partial charge < -0.3 is 15.5 Å². The maximum Gasteiger partial charge on any atom is 0.338 e. The van der Waals surface area contributed by atoms with Gasteiger partial charge >= 0.3 is 5.97 Å². The van der Waals surface area contributed by atoms with Crippen LogP contribution in [0.1, 0.15) is 38.9 Å². The highest BCUT2D eigenvalue weighted by molar-refractivity contribution is 6.33. The monoisotopic (exact) mass is 390 g/mol. The van der Waals surface area contributed by atoms with Gasteiger partial charge in [-0.15, -0.1) is 0 Å². The molecule has 0 saturated heterocycles. The van der Waals surface area contributed by atoms with Crippen molar-refractivity contribution < 1.29 is 14.3 Å². The van der Waals surface area contributed by atoms with E-state index in [4.69, 9.17) is 33.7 Å². The number of carbonyl (C=O) groups excluding carboxylic acids is 2. The van der Waals surface area contributed by atoms with Gasteiger partial charge in [0.2, 0.25) is 5.78 Å². The summed E-state index contributed by atoms with van der Waals surface area (Å²) in [5.41, 5.74) is 8.50. The maximum atomic E-state index is 12.9. The Morgan fingerprint density at radius 3 is 2.58 bits per heavy atom. The smallest absolute Gasteiger partial charge is 0.338 e. The molecule has 0 unspecified atom stereocenters. The van der Waals surface area contributed by atoms with Gasteiger partial charge in [0.1, 0.15) is 5.69 Å². The molecule has 5 nitrogen and oxygen atoms in total. The van der Waals surface area contributed by atoms with E-state index in [2.05, 4.69) is 4.98 Å². The highest BCUT2D eigenvalue weighted by atomic mass is 35.5. The number of anilines is 1. The molecule has 0 radical (unpaired) electrons. The molecule has 0 bridgehead atoms. The first-order chi connectivity index (χ1) is 12.3. The second-order valence-corrected chi connectivity index (χ2v) is 6.65. The fourth-order valence-corrected chi connectivity index (χ4v) is 3.14. The predicted octanol–water partition coefficient (Wildman–Crippen LogP) is 4.77. The van der Waals surface area contributed by atoms with Crippen LogP contribution in [-0.2, 0) is 4.74 Å². The number of ketones is 1. The molecule has 0 aliphatic rings. The number of fused-ring (bicyclic) bond motifs is 1. The van der Waals surface area contributed by atoms with Crippen LogP contribution in [0.25, 0.3) is 10.9 Å². The molecular weight excluding hydrogens is 375 g/mol. The van der Waals surface area contributed by atoms with Crippen molar-refractivity contribution in [2.75, 3.05) is 12.3 Å². The zero-order valence-electron chi connectivity index (χ0n) is 14.2. The van der Waals surface area contributed by atoms with E-state index in [1.54, 1.807) is 31.2 Å². The van der Waals surface area contributed by atoms with Gasteiger partial charge in [0, 0.05) is 21.0 Å². The van der Waals surface area contributed by atoms with E-state index in [1.165, 1.54) is 6.07 Å². The number of hydrogen-bond donors (Lipinski definition) is 2. The lowest BCUT2D eigenvalue weighted by Crippen LogP contribution is -2.07. The lowest BCUT2D eigenvalue weighted by atomic mass is 10.0. The molecule has 7 heteroatoms. The second kappa shape index (κ2) is 7.02. The third-order valence-electron chi connectivity index (χ3n) is 4.04. The predicted molar refractivity (Wildman–Crippen MR) is 103 cm³/mol. The molecule has 0 spiro atoms. The lowest BCUT2D eigenvalue weighted by Gasteiger charge is -2.05. The van der Waals surface area contributed by atoms with E-state index in [9.17, 15) is 9.59 Å². The Labute approximate surface area is 160 Å². The Bertz CT molecular complexity index is 1040. The van der Waals surface area contributed by atoms with Crippen LogP contribution in [0.15, 0.2) is 30.3 Å². The number of esters is 1. The minimum Gasteiger partial charge on any atom is -0.462 e. The number of nitrogens with two attached hydrogens (primary N) is 1. The third kappa shape index (κ3) is 3.16. The van der Waals surface area contributed by atoms with Crippen molar-refractivity contribution in [3.8, 4) is 0 Å². The van der Waals surface area contributed by atoms with Gasteiger partial charge in [-0.3, -0.25) is 4.79 Å². The minimum absolute atomic E-state index is 0.178. The normalized spacial score (nSPS) is 10.9. The van der Waals surface area contributed by atoms with Crippen LogP contribution in [0.3, 0.4) is 0 Å². The van der Waals surface area contributed by atoms with Crippen molar-refractivity contribution in [2.45, 2.75) is 13.8 Å². The Kier molecular flexibility index (Phi) is 4.94. The number of benzene rings is 2. The van der Waals surface area contributed by atoms with Crippen LogP contribution < -0.4 is 5.73 Å². The van der Waals surface area contributed by atoms with Crippen LogP contribution in [-0.4, -0.2) is 23.3 Å². The summed E-state index contributed by atoms with van der Waals surface area (Å²) in [6, 6.07) is 8.06. The number of rotatable bonds is 4. The number of nitrogen functional groups attached to an aromatic ring is 1. The molecule has 0 saturated carbocycles. The molecule has 26 heavy (non-hydrogen) atoms. The second-order valence-electron chi connectivity index (χ2n) is 5.80. The Morgan fingerprint density at radius 1 is 1.19 bits per heavy atom. The first-order valence-corrected chi connectivity index (χ1v) is 8.67. The fraction of sp³-hybridized carbons (Fsp3) is 0.158. The van der Waals surface area contributed by atoms with Gasteiger partial charge in [-0.05, 0) is 49.7 Å². The van der Waals surface area contributed by atoms with Gasteiger partial charge in [-0.2, -0.15) is 0 Å². The number of H-pyrrole nitrogens is 1. The van der Waals surface area contributed by atoms with Crippen molar-refractivity contribution in [3.05, 3.63) is 62.8 Å². The van der Waals surface area contributed by atoms with Crippen LogP contribution in [0.4, 0.5) is 5.69 Å². The molecule has 0 aliphatic heterocycles. The molecule has 1 aromatic heterocycles. The van der Waals surface area contributed by atoms with Crippen LogP contribution in [0, 0.1) is 6.92 Å². The van der Waals surface area contributed by atoms with Crippen LogP contribution in [0.2, 0.25) is 10.0 Å². The summed E-state index contributed by atoms with van der Waals surface area (Å²) in [7, 11) is 0. The van der Waals surface area contributed by atoms with Gasteiger partial charge in [0.25, 0.3) is 0 Å². The highest BCUT2D eigenvalue weighted by Crippen LogP contribution is 2.33. The van der Waals surface area contributed by atoms with E-state index in [-0.39, 0.29) is 29.3 Å². The van der Waals surface area contributed by atoms with Crippen molar-refractivity contribution in [3.63, 3.8) is 0 Å². The van der Waals surface area contributed by atoms with Gasteiger partial charge in [-0.1, -0.05) is 23.2 Å². The molecule has 0 atom stereocenters. The molecule has 3 N–H and O–H groups in total. The standard InChI is InChI=1S/C19H16Cl2N2O3/c1-3-26-19(25)12-7-11(20)8-14-15(12)16(22)17(23-14)18(24)10-4-5-13(21)9(2)6-10/h4-8,23H,3,22H2,1-2H3. The summed E-state index contributed by atoms with van der Waals surface area (Å²) in [5.74, 6) is -0.851. The third-order valence-corrected chi connectivity index (χ3v) is 4.69. The van der Waals surface area contributed by atoms with Crippen molar-refractivity contribution in [2.24, 2.45) is 0 Å². The number of ether oxygens (including phenoxy) is 1. The van der Waals surface area contributed by atoms with Gasteiger partial charge in [0.15, 0.2) is 0 Å². The molecule has 3 aromatic rings. The molecule has 2 aromatic carbocycles. The quantitative estimate of drug-likeness (QED) is 0.496. The van der Waals surface area contributed by atoms with Crippen molar-refractivity contribution in [1.29, 1.82) is 0 Å². The number of aromatic nitrogens is 1. The van der Waals surface area contributed by atoms with Gasteiger partial charge in [-0.25, -0.2) is 4.79 Å². The summed E-state index contributed by atoms with van der Waals surface area (Å²) in [5, 5.41) is 1.33. The van der Waals surface area contributed by atoms with E-state index in [0.717, 1.165) is 5.56 Å². The minimum atomic E-state index is -0.549. The molecule has 0 aliphatic carbocycles. The van der Waals surface area contributed by atoms with Gasteiger partial charge in [0.05, 0.1) is 23.4 Å². The average Bonchev–Trinajstić information content (AvgIpc) is 2.92. The highest BCUT2D eigenvalue weighted by Gasteiger charge is 2.23. The summed E-state index contributed by atoms with van der Waals surface area (Å²) >= 11 is 12.1. The molecule has 134 valence electrons. The van der Waals surface area contributed by atoms with E-state index < -0.39 is 5.97 Å². The Hall–Kier alpha value is -2.50. The Morgan fingerprint density at radius 2 is 1.92 bits per heavy atom. The number of nitrogens with one attached hydrogen (secondary N) is 1. The fourth-order valence-electron chi connectivity index (χ4n) is 2.80. The van der Waals surface area contributed by atoms with E-state index in [0.29, 0.717) is 26.5 Å². The summed E-state index contributed by atoms with van der Waals surface area (Å²) in [4.78, 5) is 28.1. The SMILES string of the molecule is CCOC(=O)c1cc(Cl)cc2[nH]c(C(=O)c3ccc(Cl)c(C)c3)c(N)c12. The Balaban J connectivity index is 2.17. The zero-order valence-corrected chi connectivity index (χ0v) is 15.7. The topological polar surface area (TPSA) is 85.2 Å². The average molecular weight is 391 g/mol. The molecule has 3 rings (SSSR count). The van der Waals surface area contributed by atoms with Crippen molar-refractivity contribution in [1.82, 2.24) is 4.98 Å². The summed E-state index contributed by atoms with van der Waals surface area (Å²) in [6.07, 6.45) is 0. The number of carbonyl (C=O) groups is 2. The molecular formula is C19H16Cl2N2O3. The lowest BCUT2D eigenvalue weighted by molar-refractivity contribution is 0.0528. The largest absolute Gasteiger partial charge is 0.462 e. The molecule has 0 fully saturated rings. The van der Waals surface area contributed by atoms with E-state index in [1.807, 2.05) is 6.92 Å². The van der Waals surface area contributed by atoms with E-state index >= 15 is 0 Å². The number of hydrogen-bond acceptors (Lipinski definition) is 4. The number of aryl methyl sites for hydroxylation is 1. The summed E-state index contributed by atoms with van der Waals surface area (Å²) < 4.78 is 5.06. The zero-order chi connectivity index (χ0) is 19.0. The maximum absolute atomic E-state index is 12.9. The molecule has 1 heterocycles. The van der Waals surface area contributed by atoms with Crippen LogP contribution >= 0.6 is 23.2 Å². The van der Waals surface area contributed by atoms with Crippen molar-refractivity contribution >= 4 is 51.5 Å². The number of aromatic amines is 1. The number of halogens is 2.